The second kappa shape index (κ2) is 4.96. The van der Waals surface area contributed by atoms with Gasteiger partial charge in [-0.3, -0.25) is 0 Å². The summed E-state index contributed by atoms with van der Waals surface area (Å²) < 4.78 is 0. The Morgan fingerprint density at radius 3 is 2.58 bits per heavy atom. The van der Waals surface area contributed by atoms with E-state index >= 15 is 0 Å². The molecule has 98 valence electrons. The van der Waals surface area contributed by atoms with E-state index in [1.807, 2.05) is 12.1 Å². The maximum absolute atomic E-state index is 5.69. The molecule has 3 rings (SSSR count). The summed E-state index contributed by atoms with van der Waals surface area (Å²) in [5, 5.41) is 3.48. The number of benzene rings is 2. The standard InChI is InChI=1S/C17H20N2/c1-12-8-14-4-7-17(10-15(14)9-12)19-11-13-2-5-16(18)6-3-13/h2-7,10,12,19H,8-9,11,18H2,1H3. The largest absolute Gasteiger partial charge is 0.399 e. The third kappa shape index (κ3) is 2.73. The minimum absolute atomic E-state index is 0.794. The van der Waals surface area contributed by atoms with Crippen molar-refractivity contribution in [3.8, 4) is 0 Å². The molecule has 0 aliphatic heterocycles. The lowest BCUT2D eigenvalue weighted by Crippen LogP contribution is -2.00. The molecule has 1 unspecified atom stereocenters. The van der Waals surface area contributed by atoms with Crippen LogP contribution in [0.25, 0.3) is 0 Å². The van der Waals surface area contributed by atoms with Crippen LogP contribution in [0.15, 0.2) is 42.5 Å². The number of hydrogen-bond donors (Lipinski definition) is 2. The molecule has 0 aromatic heterocycles. The fourth-order valence-electron chi connectivity index (χ4n) is 2.79. The van der Waals surface area contributed by atoms with Crippen molar-refractivity contribution in [2.24, 2.45) is 5.92 Å². The molecule has 2 heteroatoms. The molecule has 1 aliphatic rings. The first kappa shape index (κ1) is 12.1. The average Bonchev–Trinajstić information content (AvgIpc) is 2.77. The Balaban J connectivity index is 1.68. The van der Waals surface area contributed by atoms with Crippen LogP contribution < -0.4 is 11.1 Å². The van der Waals surface area contributed by atoms with Gasteiger partial charge in [0.2, 0.25) is 0 Å². The second-order valence-electron chi connectivity index (χ2n) is 5.59. The van der Waals surface area contributed by atoms with Crippen molar-refractivity contribution in [1.82, 2.24) is 0 Å². The first-order valence-corrected chi connectivity index (χ1v) is 6.91. The molecule has 0 fully saturated rings. The highest BCUT2D eigenvalue weighted by atomic mass is 14.9. The summed E-state index contributed by atoms with van der Waals surface area (Å²) >= 11 is 0. The van der Waals surface area contributed by atoms with Crippen molar-refractivity contribution in [2.45, 2.75) is 26.3 Å². The zero-order chi connectivity index (χ0) is 13.2. The molecule has 19 heavy (non-hydrogen) atoms. The minimum atomic E-state index is 0.794. The molecule has 0 heterocycles. The Morgan fingerprint density at radius 1 is 1.05 bits per heavy atom. The van der Waals surface area contributed by atoms with Gasteiger partial charge in [-0.05, 0) is 59.7 Å². The molecule has 1 aliphatic carbocycles. The van der Waals surface area contributed by atoms with Crippen molar-refractivity contribution in [1.29, 1.82) is 0 Å². The molecule has 0 saturated carbocycles. The van der Waals surface area contributed by atoms with Crippen LogP contribution in [-0.2, 0) is 19.4 Å². The van der Waals surface area contributed by atoms with Crippen molar-refractivity contribution in [2.75, 3.05) is 11.1 Å². The average molecular weight is 252 g/mol. The van der Waals surface area contributed by atoms with E-state index in [2.05, 4.69) is 42.6 Å². The third-order valence-electron chi connectivity index (χ3n) is 3.82. The Labute approximate surface area is 114 Å². The van der Waals surface area contributed by atoms with Crippen LogP contribution in [0.3, 0.4) is 0 Å². The number of nitrogens with two attached hydrogens (primary N) is 1. The molecule has 2 nitrogen and oxygen atoms in total. The fourth-order valence-corrected chi connectivity index (χ4v) is 2.79. The van der Waals surface area contributed by atoms with Crippen LogP contribution in [0.4, 0.5) is 11.4 Å². The van der Waals surface area contributed by atoms with E-state index in [-0.39, 0.29) is 0 Å². The Hall–Kier alpha value is -1.96. The van der Waals surface area contributed by atoms with E-state index in [4.69, 9.17) is 5.73 Å². The topological polar surface area (TPSA) is 38.0 Å². The molecule has 0 saturated heterocycles. The summed E-state index contributed by atoms with van der Waals surface area (Å²) in [7, 11) is 0. The van der Waals surface area contributed by atoms with Gasteiger partial charge < -0.3 is 11.1 Å². The molecule has 0 amide bonds. The number of nitrogens with one attached hydrogen (secondary N) is 1. The highest BCUT2D eigenvalue weighted by Gasteiger charge is 2.17. The van der Waals surface area contributed by atoms with E-state index in [0.717, 1.165) is 18.2 Å². The van der Waals surface area contributed by atoms with Gasteiger partial charge in [-0.25, -0.2) is 0 Å². The summed E-state index contributed by atoms with van der Waals surface area (Å²) in [5.41, 5.74) is 12.0. The van der Waals surface area contributed by atoms with Gasteiger partial charge in [0.1, 0.15) is 0 Å². The van der Waals surface area contributed by atoms with Gasteiger partial charge in [0.05, 0.1) is 0 Å². The number of nitrogen functional groups attached to an aromatic ring is 1. The van der Waals surface area contributed by atoms with Crippen LogP contribution in [0.5, 0.6) is 0 Å². The molecule has 0 bridgehead atoms. The SMILES string of the molecule is CC1Cc2ccc(NCc3ccc(N)cc3)cc2C1. The molecule has 0 radical (unpaired) electrons. The molecule has 3 N–H and O–H groups in total. The number of anilines is 2. The Kier molecular flexibility index (Phi) is 3.16. The first-order valence-electron chi connectivity index (χ1n) is 6.91. The van der Waals surface area contributed by atoms with Crippen LogP contribution in [0.2, 0.25) is 0 Å². The summed E-state index contributed by atoms with van der Waals surface area (Å²) in [4.78, 5) is 0. The third-order valence-corrected chi connectivity index (χ3v) is 3.82. The predicted molar refractivity (Wildman–Crippen MR) is 81.2 cm³/mol. The van der Waals surface area contributed by atoms with E-state index in [9.17, 15) is 0 Å². The van der Waals surface area contributed by atoms with Crippen molar-refractivity contribution >= 4 is 11.4 Å². The van der Waals surface area contributed by atoms with Crippen LogP contribution in [0.1, 0.15) is 23.6 Å². The smallest absolute Gasteiger partial charge is 0.0400 e. The normalized spacial score (nSPS) is 17.2. The molecule has 2 aromatic carbocycles. The van der Waals surface area contributed by atoms with Crippen LogP contribution in [0, 0.1) is 5.92 Å². The van der Waals surface area contributed by atoms with Crippen molar-refractivity contribution in [3.05, 3.63) is 59.2 Å². The molecular weight excluding hydrogens is 232 g/mol. The van der Waals surface area contributed by atoms with E-state index in [1.54, 1.807) is 0 Å². The highest BCUT2D eigenvalue weighted by molar-refractivity contribution is 5.51. The molecule has 0 spiro atoms. The number of rotatable bonds is 3. The van der Waals surface area contributed by atoms with Gasteiger partial charge in [0.15, 0.2) is 0 Å². The summed E-state index contributed by atoms with van der Waals surface area (Å²) in [6, 6.07) is 14.8. The molecular formula is C17H20N2. The van der Waals surface area contributed by atoms with Gasteiger partial charge in [-0.2, -0.15) is 0 Å². The maximum Gasteiger partial charge on any atom is 0.0400 e. The number of fused-ring (bicyclic) bond motifs is 1. The molecule has 2 aromatic rings. The van der Waals surface area contributed by atoms with Crippen molar-refractivity contribution in [3.63, 3.8) is 0 Å². The van der Waals surface area contributed by atoms with E-state index in [1.165, 1.54) is 35.2 Å². The maximum atomic E-state index is 5.69. The summed E-state index contributed by atoms with van der Waals surface area (Å²) in [5.74, 6) is 0.794. The minimum Gasteiger partial charge on any atom is -0.399 e. The zero-order valence-corrected chi connectivity index (χ0v) is 11.3. The van der Waals surface area contributed by atoms with E-state index < -0.39 is 0 Å². The Morgan fingerprint density at radius 2 is 1.79 bits per heavy atom. The monoisotopic (exact) mass is 252 g/mol. The van der Waals surface area contributed by atoms with Gasteiger partial charge in [-0.1, -0.05) is 25.1 Å². The van der Waals surface area contributed by atoms with Crippen LogP contribution >= 0.6 is 0 Å². The fraction of sp³-hybridized carbons (Fsp3) is 0.294. The predicted octanol–water partition coefficient (Wildman–Crippen LogP) is 3.62. The lowest BCUT2D eigenvalue weighted by molar-refractivity contribution is 0.628. The lowest BCUT2D eigenvalue weighted by Gasteiger charge is -2.09. The zero-order valence-electron chi connectivity index (χ0n) is 11.3. The second-order valence-corrected chi connectivity index (χ2v) is 5.59. The highest BCUT2D eigenvalue weighted by Crippen LogP contribution is 2.28. The molecule has 1 atom stereocenters. The Bertz CT molecular complexity index is 572. The van der Waals surface area contributed by atoms with Gasteiger partial charge in [0.25, 0.3) is 0 Å². The lowest BCUT2D eigenvalue weighted by atomic mass is 10.1. The number of hydrogen-bond acceptors (Lipinski definition) is 2. The van der Waals surface area contributed by atoms with E-state index in [0.29, 0.717) is 0 Å². The first-order chi connectivity index (χ1) is 9.20. The summed E-state index contributed by atoms with van der Waals surface area (Å²) in [6.07, 6.45) is 2.44. The van der Waals surface area contributed by atoms with Crippen LogP contribution in [-0.4, -0.2) is 0 Å². The quantitative estimate of drug-likeness (QED) is 0.819. The van der Waals surface area contributed by atoms with Gasteiger partial charge in [-0.15, -0.1) is 0 Å². The van der Waals surface area contributed by atoms with Crippen molar-refractivity contribution < 1.29 is 0 Å². The van der Waals surface area contributed by atoms with Gasteiger partial charge >= 0.3 is 0 Å². The summed E-state index contributed by atoms with van der Waals surface area (Å²) in [6.45, 7) is 3.16. The van der Waals surface area contributed by atoms with Gasteiger partial charge in [0, 0.05) is 17.9 Å².